The highest BCUT2D eigenvalue weighted by molar-refractivity contribution is 9.10. The average Bonchev–Trinajstić information content (AvgIpc) is 2.48. The van der Waals surface area contributed by atoms with Gasteiger partial charge in [-0.2, -0.15) is 0 Å². The van der Waals surface area contributed by atoms with E-state index in [1.165, 1.54) is 23.9 Å². The second kappa shape index (κ2) is 7.67. The summed E-state index contributed by atoms with van der Waals surface area (Å²) in [6, 6.07) is 12.0. The van der Waals surface area contributed by atoms with E-state index in [1.54, 1.807) is 6.07 Å². The van der Waals surface area contributed by atoms with Crippen LogP contribution in [-0.2, 0) is 4.79 Å². The molecule has 0 aliphatic carbocycles. The van der Waals surface area contributed by atoms with Crippen molar-refractivity contribution >= 4 is 56.9 Å². The van der Waals surface area contributed by atoms with Crippen molar-refractivity contribution < 1.29 is 14.7 Å². The fourth-order valence-electron chi connectivity index (χ4n) is 1.64. The monoisotopic (exact) mass is 399 g/mol. The van der Waals surface area contributed by atoms with Gasteiger partial charge in [-0.1, -0.05) is 27.5 Å². The maximum Gasteiger partial charge on any atom is 0.337 e. The molecule has 0 aliphatic rings. The summed E-state index contributed by atoms with van der Waals surface area (Å²) >= 11 is 10.5. The van der Waals surface area contributed by atoms with Gasteiger partial charge in [0.15, 0.2) is 0 Å². The fourth-order valence-corrected chi connectivity index (χ4v) is 2.80. The van der Waals surface area contributed by atoms with Crippen LogP contribution in [0.1, 0.15) is 10.4 Å². The molecule has 0 aromatic heterocycles. The number of carboxylic acids is 1. The van der Waals surface area contributed by atoms with Crippen LogP contribution in [0, 0.1) is 0 Å². The molecule has 0 saturated carbocycles. The van der Waals surface area contributed by atoms with Crippen molar-refractivity contribution in [2.45, 2.75) is 4.90 Å². The molecule has 0 aliphatic heterocycles. The number of halogens is 2. The molecule has 0 spiro atoms. The highest BCUT2D eigenvalue weighted by Crippen LogP contribution is 2.23. The lowest BCUT2D eigenvalue weighted by Crippen LogP contribution is -2.14. The first-order chi connectivity index (χ1) is 10.5. The second-order valence-electron chi connectivity index (χ2n) is 4.29. The molecule has 0 fully saturated rings. The molecule has 2 rings (SSSR count). The molecule has 2 aromatic rings. The van der Waals surface area contributed by atoms with E-state index in [4.69, 9.17) is 16.7 Å². The van der Waals surface area contributed by atoms with Crippen molar-refractivity contribution in [3.8, 4) is 0 Å². The summed E-state index contributed by atoms with van der Waals surface area (Å²) in [6.07, 6.45) is 0. The number of hydrogen-bond acceptors (Lipinski definition) is 3. The van der Waals surface area contributed by atoms with Gasteiger partial charge in [-0.05, 0) is 42.5 Å². The van der Waals surface area contributed by atoms with E-state index in [0.717, 1.165) is 9.37 Å². The number of rotatable bonds is 5. The molecule has 7 heteroatoms. The number of hydrogen-bond donors (Lipinski definition) is 2. The molecule has 0 saturated heterocycles. The van der Waals surface area contributed by atoms with Gasteiger partial charge >= 0.3 is 5.97 Å². The summed E-state index contributed by atoms with van der Waals surface area (Å²) in [4.78, 5) is 23.9. The van der Waals surface area contributed by atoms with E-state index in [9.17, 15) is 9.59 Å². The fraction of sp³-hybridized carbons (Fsp3) is 0.0667. The van der Waals surface area contributed by atoms with Crippen LogP contribution in [-0.4, -0.2) is 22.7 Å². The minimum absolute atomic E-state index is 0.0416. The number of carbonyl (C=O) groups is 2. The standard InChI is InChI=1S/C15H11BrClNO3S/c16-9-1-4-11(5-2-9)22-8-14(19)18-10-3-6-13(17)12(7-10)15(20)21/h1-7H,8H2,(H,18,19)(H,20,21). The number of nitrogens with one attached hydrogen (secondary N) is 1. The third kappa shape index (κ3) is 4.76. The minimum Gasteiger partial charge on any atom is -0.478 e. The number of benzene rings is 2. The number of carbonyl (C=O) groups excluding carboxylic acids is 1. The van der Waals surface area contributed by atoms with Gasteiger partial charge in [-0.3, -0.25) is 4.79 Å². The quantitative estimate of drug-likeness (QED) is 0.724. The Balaban J connectivity index is 1.96. The molecule has 0 bridgehead atoms. The Morgan fingerprint density at radius 3 is 2.50 bits per heavy atom. The topological polar surface area (TPSA) is 66.4 Å². The van der Waals surface area contributed by atoms with E-state index in [2.05, 4.69) is 21.2 Å². The third-order valence-electron chi connectivity index (χ3n) is 2.66. The molecule has 0 unspecified atom stereocenters. The van der Waals surface area contributed by atoms with Gasteiger partial charge in [0.25, 0.3) is 0 Å². The van der Waals surface area contributed by atoms with Gasteiger partial charge in [0.1, 0.15) is 0 Å². The summed E-state index contributed by atoms with van der Waals surface area (Å²) in [5, 5.41) is 11.8. The molecular weight excluding hydrogens is 390 g/mol. The van der Waals surface area contributed by atoms with Crippen LogP contribution in [0.2, 0.25) is 5.02 Å². The first-order valence-corrected chi connectivity index (χ1v) is 8.32. The normalized spacial score (nSPS) is 10.3. The van der Waals surface area contributed by atoms with E-state index in [-0.39, 0.29) is 22.2 Å². The average molecular weight is 401 g/mol. The van der Waals surface area contributed by atoms with Gasteiger partial charge in [0.2, 0.25) is 5.91 Å². The summed E-state index contributed by atoms with van der Waals surface area (Å²) in [5.74, 6) is -1.12. The van der Waals surface area contributed by atoms with E-state index < -0.39 is 5.97 Å². The largest absolute Gasteiger partial charge is 0.478 e. The van der Waals surface area contributed by atoms with Crippen LogP contribution in [0.25, 0.3) is 0 Å². The molecule has 0 radical (unpaired) electrons. The number of anilines is 1. The minimum atomic E-state index is -1.13. The van der Waals surface area contributed by atoms with Gasteiger partial charge in [-0.25, -0.2) is 4.79 Å². The Morgan fingerprint density at radius 1 is 1.18 bits per heavy atom. The zero-order valence-corrected chi connectivity index (χ0v) is 14.3. The number of aromatic carboxylic acids is 1. The Kier molecular flexibility index (Phi) is 5.88. The first kappa shape index (κ1) is 16.9. The van der Waals surface area contributed by atoms with Crippen molar-refractivity contribution in [2.24, 2.45) is 0 Å². The summed E-state index contributed by atoms with van der Waals surface area (Å²) < 4.78 is 0.976. The van der Waals surface area contributed by atoms with Gasteiger partial charge in [0.05, 0.1) is 16.3 Å². The molecule has 2 aromatic carbocycles. The van der Waals surface area contributed by atoms with E-state index in [0.29, 0.717) is 5.69 Å². The van der Waals surface area contributed by atoms with Crippen molar-refractivity contribution in [1.29, 1.82) is 0 Å². The van der Waals surface area contributed by atoms with E-state index >= 15 is 0 Å². The maximum absolute atomic E-state index is 11.9. The van der Waals surface area contributed by atoms with Crippen molar-refractivity contribution in [3.05, 3.63) is 57.5 Å². The Morgan fingerprint density at radius 2 is 1.86 bits per heavy atom. The Hall–Kier alpha value is -1.50. The molecule has 114 valence electrons. The lowest BCUT2D eigenvalue weighted by atomic mass is 10.2. The van der Waals surface area contributed by atoms with Crippen LogP contribution < -0.4 is 5.32 Å². The summed E-state index contributed by atoms with van der Waals surface area (Å²) in [5.41, 5.74) is 0.364. The molecule has 4 nitrogen and oxygen atoms in total. The zero-order chi connectivity index (χ0) is 16.1. The van der Waals surface area contributed by atoms with Crippen LogP contribution in [0.3, 0.4) is 0 Å². The number of amides is 1. The van der Waals surface area contributed by atoms with Crippen LogP contribution in [0.4, 0.5) is 5.69 Å². The highest BCUT2D eigenvalue weighted by Gasteiger charge is 2.11. The lowest BCUT2D eigenvalue weighted by molar-refractivity contribution is -0.113. The molecule has 2 N–H and O–H groups in total. The predicted molar refractivity (Wildman–Crippen MR) is 91.9 cm³/mol. The highest BCUT2D eigenvalue weighted by atomic mass is 79.9. The lowest BCUT2D eigenvalue weighted by Gasteiger charge is -2.07. The smallest absolute Gasteiger partial charge is 0.337 e. The predicted octanol–water partition coefficient (Wildman–Crippen LogP) is 4.53. The molecule has 0 atom stereocenters. The van der Waals surface area contributed by atoms with Crippen LogP contribution in [0.15, 0.2) is 51.8 Å². The zero-order valence-electron chi connectivity index (χ0n) is 11.2. The van der Waals surface area contributed by atoms with Gasteiger partial charge < -0.3 is 10.4 Å². The van der Waals surface area contributed by atoms with Crippen LogP contribution >= 0.6 is 39.3 Å². The second-order valence-corrected chi connectivity index (χ2v) is 6.66. The maximum atomic E-state index is 11.9. The number of carboxylic acid groups (broad SMARTS) is 1. The molecular formula is C15H11BrClNO3S. The van der Waals surface area contributed by atoms with Crippen molar-refractivity contribution in [1.82, 2.24) is 0 Å². The van der Waals surface area contributed by atoms with Crippen molar-refractivity contribution in [2.75, 3.05) is 11.1 Å². The first-order valence-electron chi connectivity index (χ1n) is 6.17. The molecule has 22 heavy (non-hydrogen) atoms. The Bertz CT molecular complexity index is 706. The molecule has 1 amide bonds. The SMILES string of the molecule is O=C(CSc1ccc(Br)cc1)Nc1ccc(Cl)c(C(=O)O)c1. The summed E-state index contributed by atoms with van der Waals surface area (Å²) in [6.45, 7) is 0. The van der Waals surface area contributed by atoms with Crippen molar-refractivity contribution in [3.63, 3.8) is 0 Å². The van der Waals surface area contributed by atoms with E-state index in [1.807, 2.05) is 24.3 Å². The third-order valence-corrected chi connectivity index (χ3v) is 4.53. The van der Waals surface area contributed by atoms with Gasteiger partial charge in [0, 0.05) is 15.1 Å². The molecule has 0 heterocycles. The Labute approximate surface area is 145 Å². The van der Waals surface area contributed by atoms with Gasteiger partial charge in [-0.15, -0.1) is 11.8 Å². The van der Waals surface area contributed by atoms with Crippen LogP contribution in [0.5, 0.6) is 0 Å². The number of thioether (sulfide) groups is 1. The summed E-state index contributed by atoms with van der Waals surface area (Å²) in [7, 11) is 0.